The van der Waals surface area contributed by atoms with Crippen LogP contribution in [-0.4, -0.2) is 38.1 Å². The maximum absolute atomic E-state index is 13.9. The summed E-state index contributed by atoms with van der Waals surface area (Å²) in [4.78, 5) is 29.5. The van der Waals surface area contributed by atoms with Crippen molar-refractivity contribution in [2.24, 2.45) is 11.7 Å². The predicted molar refractivity (Wildman–Crippen MR) is 148 cm³/mol. The molecule has 1 amide bonds. The largest absolute Gasteiger partial charge is 0.349 e. The third-order valence-corrected chi connectivity index (χ3v) is 7.16. The average Bonchev–Trinajstić information content (AvgIpc) is 3.17. The molecule has 7 nitrogen and oxygen atoms in total. The fourth-order valence-corrected chi connectivity index (χ4v) is 4.96. The molecule has 0 spiro atoms. The van der Waals surface area contributed by atoms with E-state index < -0.39 is 6.04 Å². The second-order valence-corrected chi connectivity index (χ2v) is 10.3. The Morgan fingerprint density at radius 2 is 1.76 bits per heavy atom. The van der Waals surface area contributed by atoms with E-state index in [0.29, 0.717) is 58.6 Å². The lowest BCUT2D eigenvalue weighted by atomic mass is 9.96. The Labute approximate surface area is 226 Å². The summed E-state index contributed by atoms with van der Waals surface area (Å²) in [5.41, 5.74) is 8.81. The molecular weight excluding hydrogens is 509 g/mol. The van der Waals surface area contributed by atoms with Gasteiger partial charge in [0.1, 0.15) is 0 Å². The highest BCUT2D eigenvalue weighted by atomic mass is 35.5. The van der Waals surface area contributed by atoms with Crippen LogP contribution in [0.4, 0.5) is 0 Å². The van der Waals surface area contributed by atoms with E-state index in [2.05, 4.69) is 5.10 Å². The number of aryl methyl sites for hydroxylation is 1. The summed E-state index contributed by atoms with van der Waals surface area (Å²) in [6, 6.07) is 18.0. The lowest BCUT2D eigenvalue weighted by Crippen LogP contribution is -2.42. The first-order valence-corrected chi connectivity index (χ1v) is 13.1. The normalized spacial score (nSPS) is 12.3. The number of rotatable bonds is 9. The molecule has 0 unspecified atom stereocenters. The smallest absolute Gasteiger partial charge is 0.330 e. The third-order valence-electron chi connectivity index (χ3n) is 6.44. The van der Waals surface area contributed by atoms with Crippen molar-refractivity contribution in [1.29, 1.82) is 0 Å². The van der Waals surface area contributed by atoms with Crippen LogP contribution >= 0.6 is 23.2 Å². The monoisotopic (exact) mass is 539 g/mol. The summed E-state index contributed by atoms with van der Waals surface area (Å²) >= 11 is 12.7. The standard InChI is InChI=1S/C28H31Cl2N5O2/c1-18(2)26(33(15-7-14-31)27(36)21-10-12-22(29)13-11-21)24-16-23-25(30)19(3)32-35(23)28(37)34(24)17-20-8-5-4-6-9-20/h4-6,8-13,16,18,26H,7,14-15,17,31H2,1-3H3/t26-/m1/s1. The van der Waals surface area contributed by atoms with E-state index in [4.69, 9.17) is 28.9 Å². The summed E-state index contributed by atoms with van der Waals surface area (Å²) in [5.74, 6) is -0.182. The molecule has 0 aliphatic heterocycles. The van der Waals surface area contributed by atoms with Gasteiger partial charge >= 0.3 is 5.69 Å². The number of benzene rings is 2. The van der Waals surface area contributed by atoms with E-state index >= 15 is 0 Å². The van der Waals surface area contributed by atoms with Crippen molar-refractivity contribution in [2.75, 3.05) is 13.1 Å². The fourth-order valence-electron chi connectivity index (χ4n) is 4.66. The van der Waals surface area contributed by atoms with Crippen LogP contribution in [0.3, 0.4) is 0 Å². The van der Waals surface area contributed by atoms with E-state index in [1.807, 2.05) is 55.1 Å². The number of carbonyl (C=O) groups is 1. The van der Waals surface area contributed by atoms with Crippen molar-refractivity contribution in [3.05, 3.63) is 104 Å². The van der Waals surface area contributed by atoms with Gasteiger partial charge in [0.15, 0.2) is 0 Å². The summed E-state index contributed by atoms with van der Waals surface area (Å²) in [7, 11) is 0. The molecule has 194 valence electrons. The number of hydrogen-bond acceptors (Lipinski definition) is 4. The van der Waals surface area contributed by atoms with Crippen LogP contribution < -0.4 is 11.4 Å². The second kappa shape index (κ2) is 11.5. The van der Waals surface area contributed by atoms with Crippen molar-refractivity contribution in [2.45, 2.75) is 39.8 Å². The molecule has 0 fully saturated rings. The van der Waals surface area contributed by atoms with Crippen molar-refractivity contribution in [3.63, 3.8) is 0 Å². The van der Waals surface area contributed by atoms with Gasteiger partial charge in [-0.25, -0.2) is 4.79 Å². The third kappa shape index (κ3) is 5.59. The molecule has 4 rings (SSSR count). The minimum atomic E-state index is -0.428. The number of aromatic nitrogens is 3. The summed E-state index contributed by atoms with van der Waals surface area (Å²) < 4.78 is 3.03. The summed E-state index contributed by atoms with van der Waals surface area (Å²) in [6.07, 6.45) is 0.611. The molecule has 2 aromatic carbocycles. The van der Waals surface area contributed by atoms with Crippen molar-refractivity contribution < 1.29 is 4.79 Å². The number of amides is 1. The minimum absolute atomic E-state index is 0.0271. The first-order valence-electron chi connectivity index (χ1n) is 12.3. The lowest BCUT2D eigenvalue weighted by molar-refractivity contribution is 0.0609. The van der Waals surface area contributed by atoms with E-state index in [1.54, 1.807) is 35.8 Å². The van der Waals surface area contributed by atoms with Crippen LogP contribution in [0, 0.1) is 12.8 Å². The first kappa shape index (κ1) is 26.9. The fraction of sp³-hybridized carbons (Fsp3) is 0.321. The number of nitrogens with two attached hydrogens (primary N) is 1. The Kier molecular flexibility index (Phi) is 8.37. The van der Waals surface area contributed by atoms with Gasteiger partial charge in [0, 0.05) is 22.8 Å². The SMILES string of the molecule is Cc1nn2c(=O)n(Cc3ccccc3)c([C@@H](C(C)C)N(CCCN)C(=O)c3ccc(Cl)cc3)cc2c1Cl. The zero-order chi connectivity index (χ0) is 26.7. The van der Waals surface area contributed by atoms with Gasteiger partial charge in [-0.2, -0.15) is 9.61 Å². The highest BCUT2D eigenvalue weighted by molar-refractivity contribution is 6.34. The molecule has 0 radical (unpaired) electrons. The molecule has 1 atom stereocenters. The maximum Gasteiger partial charge on any atom is 0.349 e. The van der Waals surface area contributed by atoms with Crippen LogP contribution in [0.1, 0.15) is 53.6 Å². The molecule has 0 bridgehead atoms. The Bertz CT molecular complexity index is 1450. The number of fused-ring (bicyclic) bond motifs is 1. The van der Waals surface area contributed by atoms with Gasteiger partial charge in [0.2, 0.25) is 0 Å². The van der Waals surface area contributed by atoms with Gasteiger partial charge in [-0.15, -0.1) is 0 Å². The van der Waals surface area contributed by atoms with Crippen LogP contribution in [0.15, 0.2) is 65.5 Å². The molecule has 0 aliphatic rings. The quantitative estimate of drug-likeness (QED) is 0.310. The van der Waals surface area contributed by atoms with E-state index in [0.717, 1.165) is 5.56 Å². The van der Waals surface area contributed by atoms with Crippen LogP contribution in [0.25, 0.3) is 5.52 Å². The molecule has 9 heteroatoms. The van der Waals surface area contributed by atoms with E-state index in [9.17, 15) is 9.59 Å². The summed E-state index contributed by atoms with van der Waals surface area (Å²) in [5, 5.41) is 5.36. The van der Waals surface area contributed by atoms with Gasteiger partial charge < -0.3 is 10.6 Å². The molecule has 0 saturated heterocycles. The molecule has 2 aromatic heterocycles. The Morgan fingerprint density at radius 1 is 1.08 bits per heavy atom. The average molecular weight is 540 g/mol. The van der Waals surface area contributed by atoms with Crippen LogP contribution in [-0.2, 0) is 6.54 Å². The lowest BCUT2D eigenvalue weighted by Gasteiger charge is -2.36. The first-order chi connectivity index (χ1) is 17.7. The Hall–Kier alpha value is -3.13. The zero-order valence-electron chi connectivity index (χ0n) is 21.2. The number of hydrogen-bond donors (Lipinski definition) is 1. The molecule has 0 saturated carbocycles. The van der Waals surface area contributed by atoms with Crippen LogP contribution in [0.2, 0.25) is 10.0 Å². The van der Waals surface area contributed by atoms with Gasteiger partial charge in [0.05, 0.1) is 28.8 Å². The Morgan fingerprint density at radius 3 is 2.38 bits per heavy atom. The number of carbonyl (C=O) groups excluding carboxylic acids is 1. The molecule has 0 aliphatic carbocycles. The highest BCUT2D eigenvalue weighted by Gasteiger charge is 2.32. The van der Waals surface area contributed by atoms with Crippen molar-refractivity contribution >= 4 is 34.6 Å². The van der Waals surface area contributed by atoms with Gasteiger partial charge in [0.25, 0.3) is 5.91 Å². The van der Waals surface area contributed by atoms with Crippen molar-refractivity contribution in [1.82, 2.24) is 19.1 Å². The molecule has 2 N–H and O–H groups in total. The molecule has 2 heterocycles. The minimum Gasteiger partial charge on any atom is -0.330 e. The zero-order valence-corrected chi connectivity index (χ0v) is 22.7. The summed E-state index contributed by atoms with van der Waals surface area (Å²) in [6.45, 7) is 7.04. The molecule has 37 heavy (non-hydrogen) atoms. The van der Waals surface area contributed by atoms with Crippen molar-refractivity contribution in [3.8, 4) is 0 Å². The number of halogens is 2. The molecule has 4 aromatic rings. The highest BCUT2D eigenvalue weighted by Crippen LogP contribution is 2.32. The van der Waals surface area contributed by atoms with E-state index in [1.165, 1.54) is 4.52 Å². The van der Waals surface area contributed by atoms with Crippen LogP contribution in [0.5, 0.6) is 0 Å². The second-order valence-electron chi connectivity index (χ2n) is 9.46. The number of nitrogens with zero attached hydrogens (tertiary/aromatic N) is 4. The van der Waals surface area contributed by atoms with Gasteiger partial charge in [-0.3, -0.25) is 9.36 Å². The topological polar surface area (TPSA) is 85.6 Å². The Balaban J connectivity index is 1.94. The molecular formula is C28H31Cl2N5O2. The predicted octanol–water partition coefficient (Wildman–Crippen LogP) is 5.35. The van der Waals surface area contributed by atoms with E-state index in [-0.39, 0.29) is 17.5 Å². The van der Waals surface area contributed by atoms with Gasteiger partial charge in [-0.05, 0) is 61.7 Å². The maximum atomic E-state index is 13.9. The van der Waals surface area contributed by atoms with Gasteiger partial charge in [-0.1, -0.05) is 67.4 Å².